The normalized spacial score (nSPS) is 16.7. The first-order valence-corrected chi connectivity index (χ1v) is 8.51. The number of carbonyl (C=O) groups excluding carboxylic acids is 2. The third kappa shape index (κ3) is 3.84. The zero-order valence-corrected chi connectivity index (χ0v) is 14.5. The highest BCUT2D eigenvalue weighted by atomic mass is 16.2. The van der Waals surface area contributed by atoms with Crippen molar-refractivity contribution in [1.29, 1.82) is 0 Å². The van der Waals surface area contributed by atoms with E-state index in [4.69, 9.17) is 0 Å². The highest BCUT2D eigenvalue weighted by Crippen LogP contribution is 2.24. The van der Waals surface area contributed by atoms with Gasteiger partial charge in [-0.1, -0.05) is 30.3 Å². The van der Waals surface area contributed by atoms with Gasteiger partial charge in [0.25, 0.3) is 5.91 Å². The molecule has 130 valence electrons. The minimum Gasteiger partial charge on any atom is -0.357 e. The van der Waals surface area contributed by atoms with Gasteiger partial charge in [0.2, 0.25) is 5.95 Å². The lowest BCUT2D eigenvalue weighted by atomic mass is 10.0. The van der Waals surface area contributed by atoms with E-state index in [0.29, 0.717) is 30.2 Å². The summed E-state index contributed by atoms with van der Waals surface area (Å²) in [5, 5.41) is 2.87. The standard InChI is InChI=1S/C19H22N4O2/c1-13-11-16(22-19(20-2)21-13)18(25)23-10-6-9-15(23)12-17(24)14-7-4-3-5-8-14/h3-5,7-8,11,15H,6,9-10,12H2,1-2H3,(H,20,21,22). The highest BCUT2D eigenvalue weighted by Gasteiger charge is 2.32. The molecule has 1 saturated heterocycles. The summed E-state index contributed by atoms with van der Waals surface area (Å²) in [6, 6.07) is 10.8. The molecule has 1 aromatic heterocycles. The van der Waals surface area contributed by atoms with E-state index in [-0.39, 0.29) is 17.7 Å². The maximum atomic E-state index is 12.9. The maximum absolute atomic E-state index is 12.9. The van der Waals surface area contributed by atoms with Gasteiger partial charge in [0.15, 0.2) is 5.78 Å². The monoisotopic (exact) mass is 338 g/mol. The molecular formula is C19H22N4O2. The minimum atomic E-state index is -0.134. The van der Waals surface area contributed by atoms with Crippen molar-refractivity contribution in [3.63, 3.8) is 0 Å². The molecule has 0 bridgehead atoms. The predicted molar refractivity (Wildman–Crippen MR) is 95.8 cm³/mol. The molecule has 3 rings (SSSR count). The quantitative estimate of drug-likeness (QED) is 0.849. The van der Waals surface area contributed by atoms with Crippen LogP contribution in [0, 0.1) is 6.92 Å². The van der Waals surface area contributed by atoms with Crippen LogP contribution in [0.2, 0.25) is 0 Å². The number of rotatable bonds is 5. The van der Waals surface area contributed by atoms with Gasteiger partial charge in [0.05, 0.1) is 0 Å². The van der Waals surface area contributed by atoms with E-state index in [1.807, 2.05) is 37.3 Å². The topological polar surface area (TPSA) is 75.2 Å². The molecule has 1 N–H and O–H groups in total. The van der Waals surface area contributed by atoms with Crippen molar-refractivity contribution in [2.75, 3.05) is 18.9 Å². The zero-order valence-electron chi connectivity index (χ0n) is 14.5. The number of likely N-dealkylation sites (tertiary alicyclic amines) is 1. The van der Waals surface area contributed by atoms with Crippen molar-refractivity contribution >= 4 is 17.6 Å². The second-order valence-corrected chi connectivity index (χ2v) is 6.26. The summed E-state index contributed by atoms with van der Waals surface area (Å²) in [4.78, 5) is 35.6. The highest BCUT2D eigenvalue weighted by molar-refractivity contribution is 5.97. The minimum absolute atomic E-state index is 0.0695. The van der Waals surface area contributed by atoms with Crippen molar-refractivity contribution in [3.8, 4) is 0 Å². The van der Waals surface area contributed by atoms with Crippen LogP contribution in [0.25, 0.3) is 0 Å². The van der Waals surface area contributed by atoms with Crippen LogP contribution in [0.4, 0.5) is 5.95 Å². The molecule has 1 aliphatic rings. The lowest BCUT2D eigenvalue weighted by Crippen LogP contribution is -2.37. The molecular weight excluding hydrogens is 316 g/mol. The predicted octanol–water partition coefficient (Wildman–Crippen LogP) is 2.70. The van der Waals surface area contributed by atoms with Crippen LogP contribution in [0.5, 0.6) is 0 Å². The molecule has 0 aliphatic carbocycles. The smallest absolute Gasteiger partial charge is 0.272 e. The van der Waals surface area contributed by atoms with Crippen molar-refractivity contribution in [1.82, 2.24) is 14.9 Å². The third-order valence-corrected chi connectivity index (χ3v) is 4.45. The van der Waals surface area contributed by atoms with Crippen molar-refractivity contribution in [2.45, 2.75) is 32.2 Å². The summed E-state index contributed by atoms with van der Waals surface area (Å²) >= 11 is 0. The van der Waals surface area contributed by atoms with Gasteiger partial charge < -0.3 is 10.2 Å². The number of benzene rings is 1. The second-order valence-electron chi connectivity index (χ2n) is 6.26. The Kier molecular flexibility index (Phi) is 5.07. The Morgan fingerprint density at radius 3 is 2.72 bits per heavy atom. The molecule has 2 heterocycles. The molecule has 1 aromatic carbocycles. The zero-order chi connectivity index (χ0) is 17.8. The summed E-state index contributed by atoms with van der Waals surface area (Å²) in [6.07, 6.45) is 2.09. The summed E-state index contributed by atoms with van der Waals surface area (Å²) < 4.78 is 0. The molecule has 25 heavy (non-hydrogen) atoms. The molecule has 6 heteroatoms. The van der Waals surface area contributed by atoms with Gasteiger partial charge in [-0.15, -0.1) is 0 Å². The number of amides is 1. The van der Waals surface area contributed by atoms with Crippen LogP contribution >= 0.6 is 0 Å². The Morgan fingerprint density at radius 2 is 2.00 bits per heavy atom. The first-order chi connectivity index (χ1) is 12.1. The number of hydrogen-bond acceptors (Lipinski definition) is 5. The second kappa shape index (κ2) is 7.42. The van der Waals surface area contributed by atoms with Crippen LogP contribution in [-0.2, 0) is 0 Å². The summed E-state index contributed by atoms with van der Waals surface area (Å²) in [5.74, 6) is 0.366. The van der Waals surface area contributed by atoms with E-state index in [1.165, 1.54) is 0 Å². The first-order valence-electron chi connectivity index (χ1n) is 8.51. The van der Waals surface area contributed by atoms with Crippen LogP contribution in [0.3, 0.4) is 0 Å². The SMILES string of the molecule is CNc1nc(C)cc(C(=O)N2CCCC2CC(=O)c2ccccc2)n1. The van der Waals surface area contributed by atoms with Crippen LogP contribution in [-0.4, -0.2) is 46.2 Å². The van der Waals surface area contributed by atoms with Gasteiger partial charge in [0, 0.05) is 37.3 Å². The number of nitrogens with zero attached hydrogens (tertiary/aromatic N) is 3. The molecule has 1 fully saturated rings. The number of aryl methyl sites for hydroxylation is 1. The average Bonchev–Trinajstić information content (AvgIpc) is 3.09. The molecule has 1 unspecified atom stereocenters. The Morgan fingerprint density at radius 1 is 1.24 bits per heavy atom. The molecule has 0 saturated carbocycles. The molecule has 0 spiro atoms. The Bertz CT molecular complexity index is 776. The van der Waals surface area contributed by atoms with Gasteiger partial charge in [-0.05, 0) is 25.8 Å². The first kappa shape index (κ1) is 17.1. The fourth-order valence-corrected chi connectivity index (χ4v) is 3.21. The number of carbonyl (C=O) groups is 2. The van der Waals surface area contributed by atoms with E-state index in [1.54, 1.807) is 18.0 Å². The number of anilines is 1. The van der Waals surface area contributed by atoms with Crippen molar-refractivity contribution < 1.29 is 9.59 Å². The van der Waals surface area contributed by atoms with Crippen molar-refractivity contribution in [2.24, 2.45) is 0 Å². The van der Waals surface area contributed by atoms with E-state index < -0.39 is 0 Å². The van der Waals surface area contributed by atoms with Gasteiger partial charge in [-0.25, -0.2) is 9.97 Å². The van der Waals surface area contributed by atoms with Gasteiger partial charge in [0.1, 0.15) is 5.69 Å². The molecule has 6 nitrogen and oxygen atoms in total. The summed E-state index contributed by atoms with van der Waals surface area (Å²) in [6.45, 7) is 2.49. The van der Waals surface area contributed by atoms with Crippen LogP contribution in [0.1, 0.15) is 45.8 Å². The number of nitrogens with one attached hydrogen (secondary N) is 1. The summed E-state index contributed by atoms with van der Waals surface area (Å²) in [5.41, 5.74) is 1.80. The fraction of sp³-hybridized carbons (Fsp3) is 0.368. The number of hydrogen-bond donors (Lipinski definition) is 1. The number of ketones is 1. The van der Waals surface area contributed by atoms with Crippen LogP contribution < -0.4 is 5.32 Å². The largest absolute Gasteiger partial charge is 0.357 e. The molecule has 1 amide bonds. The maximum Gasteiger partial charge on any atom is 0.272 e. The van der Waals surface area contributed by atoms with E-state index in [2.05, 4.69) is 15.3 Å². The van der Waals surface area contributed by atoms with E-state index in [0.717, 1.165) is 18.5 Å². The average molecular weight is 338 g/mol. The lowest BCUT2D eigenvalue weighted by Gasteiger charge is -2.24. The van der Waals surface area contributed by atoms with Crippen LogP contribution in [0.15, 0.2) is 36.4 Å². The number of aromatic nitrogens is 2. The molecule has 0 radical (unpaired) electrons. The Labute approximate surface area is 147 Å². The molecule has 1 atom stereocenters. The van der Waals surface area contributed by atoms with E-state index in [9.17, 15) is 9.59 Å². The Hall–Kier alpha value is -2.76. The number of Topliss-reactive ketones (excluding diaryl/α,β-unsaturated/α-hetero) is 1. The Balaban J connectivity index is 1.76. The fourth-order valence-electron chi connectivity index (χ4n) is 3.21. The summed E-state index contributed by atoms with van der Waals surface area (Å²) in [7, 11) is 1.72. The van der Waals surface area contributed by atoms with Gasteiger partial charge in [-0.3, -0.25) is 9.59 Å². The molecule has 1 aliphatic heterocycles. The third-order valence-electron chi connectivity index (χ3n) is 4.45. The molecule has 2 aromatic rings. The van der Waals surface area contributed by atoms with E-state index >= 15 is 0 Å². The van der Waals surface area contributed by atoms with Crippen molar-refractivity contribution in [3.05, 3.63) is 53.3 Å². The van der Waals surface area contributed by atoms with Gasteiger partial charge >= 0.3 is 0 Å². The lowest BCUT2D eigenvalue weighted by molar-refractivity contribution is 0.0711. The van der Waals surface area contributed by atoms with Gasteiger partial charge in [-0.2, -0.15) is 0 Å².